The SMILES string of the molecule is COc1ccc(CN(Cc2ccccc2C)C(=O)N[C@H]2COC[C@@H]2O)cc1. The summed E-state index contributed by atoms with van der Waals surface area (Å²) >= 11 is 0. The van der Waals surface area contributed by atoms with Gasteiger partial charge in [-0.1, -0.05) is 36.4 Å². The molecule has 2 atom stereocenters. The second-order valence-electron chi connectivity index (χ2n) is 6.79. The van der Waals surface area contributed by atoms with Crippen molar-refractivity contribution in [2.75, 3.05) is 20.3 Å². The Bertz CT molecular complexity index is 763. The maximum Gasteiger partial charge on any atom is 0.318 e. The lowest BCUT2D eigenvalue weighted by molar-refractivity contribution is 0.121. The molecule has 1 aliphatic rings. The van der Waals surface area contributed by atoms with Gasteiger partial charge in [-0.05, 0) is 35.7 Å². The summed E-state index contributed by atoms with van der Waals surface area (Å²) in [5.41, 5.74) is 3.22. The van der Waals surface area contributed by atoms with Crippen molar-refractivity contribution in [1.82, 2.24) is 10.2 Å². The number of urea groups is 1. The van der Waals surface area contributed by atoms with Crippen LogP contribution in [0.25, 0.3) is 0 Å². The third kappa shape index (κ3) is 4.99. The van der Waals surface area contributed by atoms with Gasteiger partial charge in [0.15, 0.2) is 0 Å². The maximum absolute atomic E-state index is 12.9. The number of carbonyl (C=O) groups is 1. The Morgan fingerprint density at radius 3 is 2.56 bits per heavy atom. The fraction of sp³-hybridized carbons (Fsp3) is 0.381. The molecule has 1 saturated heterocycles. The molecule has 0 bridgehead atoms. The van der Waals surface area contributed by atoms with Gasteiger partial charge in [-0.2, -0.15) is 0 Å². The molecule has 0 saturated carbocycles. The predicted octanol–water partition coefficient (Wildman–Crippen LogP) is 2.48. The zero-order chi connectivity index (χ0) is 19.2. The third-order valence-electron chi connectivity index (χ3n) is 4.80. The molecule has 2 N–H and O–H groups in total. The molecule has 2 aromatic rings. The van der Waals surface area contributed by atoms with Crippen LogP contribution in [0.15, 0.2) is 48.5 Å². The summed E-state index contributed by atoms with van der Waals surface area (Å²) in [5.74, 6) is 0.778. The molecule has 0 radical (unpaired) electrons. The number of aryl methyl sites for hydroxylation is 1. The quantitative estimate of drug-likeness (QED) is 0.820. The summed E-state index contributed by atoms with van der Waals surface area (Å²) in [5, 5.41) is 12.8. The van der Waals surface area contributed by atoms with E-state index in [0.717, 1.165) is 22.4 Å². The van der Waals surface area contributed by atoms with Crippen LogP contribution < -0.4 is 10.1 Å². The molecular weight excluding hydrogens is 344 g/mol. The first kappa shape index (κ1) is 19.2. The Kier molecular flexibility index (Phi) is 6.32. The number of aliphatic hydroxyl groups excluding tert-OH is 1. The van der Waals surface area contributed by atoms with Gasteiger partial charge < -0.3 is 24.8 Å². The van der Waals surface area contributed by atoms with Crippen LogP contribution in [0.2, 0.25) is 0 Å². The van der Waals surface area contributed by atoms with E-state index in [1.807, 2.05) is 55.5 Å². The molecule has 0 aromatic heterocycles. The predicted molar refractivity (Wildman–Crippen MR) is 103 cm³/mol. The number of ether oxygens (including phenoxy) is 2. The largest absolute Gasteiger partial charge is 0.497 e. The van der Waals surface area contributed by atoms with Gasteiger partial charge in [0.1, 0.15) is 5.75 Å². The van der Waals surface area contributed by atoms with Crippen molar-refractivity contribution in [3.63, 3.8) is 0 Å². The minimum atomic E-state index is -0.671. The van der Waals surface area contributed by atoms with Gasteiger partial charge in [-0.25, -0.2) is 4.79 Å². The van der Waals surface area contributed by atoms with E-state index < -0.39 is 6.10 Å². The number of aliphatic hydroxyl groups is 1. The van der Waals surface area contributed by atoms with Crippen LogP contribution in [0.4, 0.5) is 4.79 Å². The normalized spacial score (nSPS) is 18.9. The number of rotatable bonds is 6. The monoisotopic (exact) mass is 370 g/mol. The number of amides is 2. The maximum atomic E-state index is 12.9. The molecule has 0 unspecified atom stereocenters. The van der Waals surface area contributed by atoms with Crippen molar-refractivity contribution in [2.24, 2.45) is 0 Å². The number of carbonyl (C=O) groups excluding carboxylic acids is 1. The zero-order valence-corrected chi connectivity index (χ0v) is 15.7. The Hall–Kier alpha value is -2.57. The van der Waals surface area contributed by atoms with Crippen LogP contribution in [-0.4, -0.2) is 48.5 Å². The molecule has 3 rings (SSSR count). The molecule has 0 aliphatic carbocycles. The van der Waals surface area contributed by atoms with Crippen molar-refractivity contribution in [3.05, 3.63) is 65.2 Å². The van der Waals surface area contributed by atoms with Crippen LogP contribution in [0.5, 0.6) is 5.75 Å². The highest BCUT2D eigenvalue weighted by atomic mass is 16.5. The highest BCUT2D eigenvalue weighted by Gasteiger charge is 2.29. The minimum absolute atomic E-state index is 0.219. The smallest absolute Gasteiger partial charge is 0.318 e. The molecule has 27 heavy (non-hydrogen) atoms. The Labute approximate surface area is 159 Å². The third-order valence-corrected chi connectivity index (χ3v) is 4.80. The Morgan fingerprint density at radius 2 is 1.93 bits per heavy atom. The number of hydrogen-bond acceptors (Lipinski definition) is 4. The second kappa shape index (κ2) is 8.88. The van der Waals surface area contributed by atoms with Crippen molar-refractivity contribution >= 4 is 6.03 Å². The van der Waals surface area contributed by atoms with Gasteiger partial charge in [-0.3, -0.25) is 0 Å². The molecule has 6 heteroatoms. The van der Waals surface area contributed by atoms with E-state index in [0.29, 0.717) is 19.7 Å². The first-order valence-corrected chi connectivity index (χ1v) is 9.05. The lowest BCUT2D eigenvalue weighted by Gasteiger charge is -2.26. The molecule has 144 valence electrons. The van der Waals surface area contributed by atoms with E-state index in [1.54, 1.807) is 12.0 Å². The van der Waals surface area contributed by atoms with Crippen molar-refractivity contribution in [2.45, 2.75) is 32.2 Å². The standard InChI is InChI=1S/C21H26N2O4/c1-15-5-3-4-6-17(15)12-23(11-16-7-9-18(26-2)10-8-16)21(25)22-19-13-27-14-20(19)24/h3-10,19-20,24H,11-14H2,1-2H3,(H,22,25)/t19-,20-/m0/s1. The van der Waals surface area contributed by atoms with Crippen LogP contribution in [-0.2, 0) is 17.8 Å². The molecular formula is C21H26N2O4. The van der Waals surface area contributed by atoms with Crippen LogP contribution in [0.3, 0.4) is 0 Å². The summed E-state index contributed by atoms with van der Waals surface area (Å²) in [6.45, 7) is 3.55. The molecule has 0 spiro atoms. The van der Waals surface area contributed by atoms with E-state index in [4.69, 9.17) is 9.47 Å². The molecule has 1 aliphatic heterocycles. The summed E-state index contributed by atoms with van der Waals surface area (Å²) in [7, 11) is 1.63. The van der Waals surface area contributed by atoms with E-state index in [-0.39, 0.29) is 18.7 Å². The fourth-order valence-corrected chi connectivity index (χ4v) is 3.07. The Balaban J connectivity index is 1.76. The zero-order valence-electron chi connectivity index (χ0n) is 15.7. The summed E-state index contributed by atoms with van der Waals surface area (Å²) in [6, 6.07) is 15.1. The highest BCUT2D eigenvalue weighted by molar-refractivity contribution is 5.74. The average molecular weight is 370 g/mol. The van der Waals surface area contributed by atoms with Crippen LogP contribution in [0.1, 0.15) is 16.7 Å². The summed E-state index contributed by atoms with van der Waals surface area (Å²) in [4.78, 5) is 14.7. The van der Waals surface area contributed by atoms with Gasteiger partial charge in [0, 0.05) is 13.1 Å². The lowest BCUT2D eigenvalue weighted by Crippen LogP contribution is -2.48. The van der Waals surface area contributed by atoms with Gasteiger partial charge in [0.25, 0.3) is 0 Å². The molecule has 6 nitrogen and oxygen atoms in total. The lowest BCUT2D eigenvalue weighted by atomic mass is 10.1. The number of nitrogens with one attached hydrogen (secondary N) is 1. The number of hydrogen-bond donors (Lipinski definition) is 2. The fourth-order valence-electron chi connectivity index (χ4n) is 3.07. The average Bonchev–Trinajstić information content (AvgIpc) is 3.08. The topological polar surface area (TPSA) is 71.0 Å². The number of nitrogens with zero attached hydrogens (tertiary/aromatic N) is 1. The molecule has 2 amide bonds. The van der Waals surface area contributed by atoms with Gasteiger partial charge in [0.05, 0.1) is 32.5 Å². The van der Waals surface area contributed by atoms with Gasteiger partial charge in [-0.15, -0.1) is 0 Å². The van der Waals surface area contributed by atoms with E-state index >= 15 is 0 Å². The number of methoxy groups -OCH3 is 1. The molecule has 1 fully saturated rings. The second-order valence-corrected chi connectivity index (χ2v) is 6.79. The molecule has 2 aromatic carbocycles. The van der Waals surface area contributed by atoms with Gasteiger partial charge >= 0.3 is 6.03 Å². The van der Waals surface area contributed by atoms with E-state index in [1.165, 1.54) is 0 Å². The first-order valence-electron chi connectivity index (χ1n) is 9.05. The summed E-state index contributed by atoms with van der Waals surface area (Å²) in [6.07, 6.45) is -0.671. The van der Waals surface area contributed by atoms with E-state index in [9.17, 15) is 9.90 Å². The van der Waals surface area contributed by atoms with Crippen molar-refractivity contribution in [3.8, 4) is 5.75 Å². The number of benzene rings is 2. The summed E-state index contributed by atoms with van der Waals surface area (Å²) < 4.78 is 10.4. The Morgan fingerprint density at radius 1 is 1.19 bits per heavy atom. The van der Waals surface area contributed by atoms with E-state index in [2.05, 4.69) is 5.32 Å². The van der Waals surface area contributed by atoms with Gasteiger partial charge in [0.2, 0.25) is 0 Å². The first-order chi connectivity index (χ1) is 13.1. The van der Waals surface area contributed by atoms with Crippen LogP contribution in [0, 0.1) is 6.92 Å². The molecule has 1 heterocycles. The highest BCUT2D eigenvalue weighted by Crippen LogP contribution is 2.17. The van der Waals surface area contributed by atoms with Crippen molar-refractivity contribution < 1.29 is 19.4 Å². The van der Waals surface area contributed by atoms with Crippen LogP contribution >= 0.6 is 0 Å². The minimum Gasteiger partial charge on any atom is -0.497 e. The van der Waals surface area contributed by atoms with Crippen molar-refractivity contribution in [1.29, 1.82) is 0 Å².